The van der Waals surface area contributed by atoms with Crippen LogP contribution in [0, 0.1) is 5.92 Å². The Labute approximate surface area is 116 Å². The van der Waals surface area contributed by atoms with Crippen LogP contribution in [0.3, 0.4) is 0 Å². The quantitative estimate of drug-likeness (QED) is 0.847. The number of nitrogens with one attached hydrogen (secondary N) is 1. The maximum atomic E-state index is 6.00. The van der Waals surface area contributed by atoms with Gasteiger partial charge in [0.2, 0.25) is 0 Å². The topological polar surface area (TPSA) is 34.4 Å². The molecule has 0 unspecified atom stereocenters. The Morgan fingerprint density at radius 3 is 2.74 bits per heavy atom. The minimum Gasteiger partial charge on any atom is -0.467 e. The van der Waals surface area contributed by atoms with E-state index in [0.717, 1.165) is 18.2 Å². The molecular formula is C16H27NO2. The summed E-state index contributed by atoms with van der Waals surface area (Å²) in [7, 11) is 0. The first-order chi connectivity index (χ1) is 9.15. The van der Waals surface area contributed by atoms with Crippen LogP contribution >= 0.6 is 0 Å². The SMILES string of the molecule is CC1CCC(OCc2occc2CNC(C)C)CC1. The lowest BCUT2D eigenvalue weighted by Crippen LogP contribution is -2.23. The van der Waals surface area contributed by atoms with E-state index in [1.54, 1.807) is 6.26 Å². The van der Waals surface area contributed by atoms with Crippen LogP contribution in [0.25, 0.3) is 0 Å². The van der Waals surface area contributed by atoms with Gasteiger partial charge >= 0.3 is 0 Å². The fourth-order valence-corrected chi connectivity index (χ4v) is 2.55. The molecule has 0 aromatic carbocycles. The Morgan fingerprint density at radius 2 is 2.05 bits per heavy atom. The summed E-state index contributed by atoms with van der Waals surface area (Å²) in [5.41, 5.74) is 1.22. The van der Waals surface area contributed by atoms with Crippen molar-refractivity contribution in [3.05, 3.63) is 23.7 Å². The Kier molecular flexibility index (Phi) is 5.46. The average Bonchev–Trinajstić information content (AvgIpc) is 2.83. The summed E-state index contributed by atoms with van der Waals surface area (Å²) in [5, 5.41) is 3.42. The van der Waals surface area contributed by atoms with Crippen LogP contribution < -0.4 is 5.32 Å². The summed E-state index contributed by atoms with van der Waals surface area (Å²) < 4.78 is 11.5. The Morgan fingerprint density at radius 1 is 1.32 bits per heavy atom. The molecule has 108 valence electrons. The van der Waals surface area contributed by atoms with Gasteiger partial charge in [0.25, 0.3) is 0 Å². The molecule has 1 saturated carbocycles. The predicted molar refractivity (Wildman–Crippen MR) is 76.9 cm³/mol. The minimum atomic E-state index is 0.423. The van der Waals surface area contributed by atoms with Gasteiger partial charge in [0.15, 0.2) is 0 Å². The monoisotopic (exact) mass is 265 g/mol. The van der Waals surface area contributed by atoms with Gasteiger partial charge in [-0.3, -0.25) is 0 Å². The molecule has 0 saturated heterocycles. The number of hydrogen-bond donors (Lipinski definition) is 1. The second kappa shape index (κ2) is 7.11. The van der Waals surface area contributed by atoms with Gasteiger partial charge in [0.05, 0.1) is 12.4 Å². The molecule has 1 aromatic rings. The Bertz CT molecular complexity index is 365. The Hall–Kier alpha value is -0.800. The Balaban J connectivity index is 1.78. The second-order valence-corrected chi connectivity index (χ2v) is 6.10. The highest BCUT2D eigenvalue weighted by Crippen LogP contribution is 2.26. The molecule has 0 radical (unpaired) electrons. The van der Waals surface area contributed by atoms with Crippen LogP contribution in [0.2, 0.25) is 0 Å². The summed E-state index contributed by atoms with van der Waals surface area (Å²) in [6.07, 6.45) is 7.17. The molecule has 1 fully saturated rings. The molecular weight excluding hydrogens is 238 g/mol. The third-order valence-electron chi connectivity index (χ3n) is 3.95. The van der Waals surface area contributed by atoms with Crippen molar-refractivity contribution >= 4 is 0 Å². The first kappa shape index (κ1) is 14.6. The van der Waals surface area contributed by atoms with E-state index < -0.39 is 0 Å². The van der Waals surface area contributed by atoms with Crippen LogP contribution in [0.1, 0.15) is 57.8 Å². The van der Waals surface area contributed by atoms with E-state index >= 15 is 0 Å². The summed E-state index contributed by atoms with van der Waals surface area (Å²) >= 11 is 0. The van der Waals surface area contributed by atoms with E-state index in [9.17, 15) is 0 Å². The van der Waals surface area contributed by atoms with Crippen LogP contribution in [-0.2, 0) is 17.9 Å². The fraction of sp³-hybridized carbons (Fsp3) is 0.750. The van der Waals surface area contributed by atoms with Crippen molar-refractivity contribution < 1.29 is 9.15 Å². The lowest BCUT2D eigenvalue weighted by molar-refractivity contribution is 0.000835. The van der Waals surface area contributed by atoms with Crippen LogP contribution in [0.15, 0.2) is 16.7 Å². The number of rotatable bonds is 6. The van der Waals surface area contributed by atoms with E-state index in [1.807, 2.05) is 6.07 Å². The highest BCUT2D eigenvalue weighted by molar-refractivity contribution is 5.16. The van der Waals surface area contributed by atoms with Crippen molar-refractivity contribution in [3.8, 4) is 0 Å². The van der Waals surface area contributed by atoms with E-state index in [0.29, 0.717) is 18.8 Å². The second-order valence-electron chi connectivity index (χ2n) is 6.10. The molecule has 1 heterocycles. The van der Waals surface area contributed by atoms with Crippen molar-refractivity contribution in [2.75, 3.05) is 0 Å². The summed E-state index contributed by atoms with van der Waals surface area (Å²) in [5.74, 6) is 1.85. The summed E-state index contributed by atoms with van der Waals surface area (Å²) in [6, 6.07) is 2.53. The van der Waals surface area contributed by atoms with E-state index in [4.69, 9.17) is 9.15 Å². The molecule has 0 atom stereocenters. The lowest BCUT2D eigenvalue weighted by atomic mass is 9.89. The van der Waals surface area contributed by atoms with Gasteiger partial charge in [-0.15, -0.1) is 0 Å². The molecule has 3 heteroatoms. The highest BCUT2D eigenvalue weighted by Gasteiger charge is 2.19. The molecule has 19 heavy (non-hydrogen) atoms. The molecule has 1 N–H and O–H groups in total. The standard InChI is InChI=1S/C16H27NO2/c1-12(2)17-10-14-8-9-18-16(14)11-19-15-6-4-13(3)5-7-15/h8-9,12-13,15,17H,4-7,10-11H2,1-3H3. The molecule has 0 bridgehead atoms. The zero-order valence-electron chi connectivity index (χ0n) is 12.4. The van der Waals surface area contributed by atoms with Gasteiger partial charge in [0, 0.05) is 18.2 Å². The number of hydrogen-bond acceptors (Lipinski definition) is 3. The van der Waals surface area contributed by atoms with Crippen molar-refractivity contribution in [1.82, 2.24) is 5.32 Å². The first-order valence-electron chi connectivity index (χ1n) is 7.55. The molecule has 0 spiro atoms. The molecule has 0 amide bonds. The van der Waals surface area contributed by atoms with Crippen molar-refractivity contribution in [2.24, 2.45) is 5.92 Å². The van der Waals surface area contributed by atoms with Crippen molar-refractivity contribution in [2.45, 2.75) is 71.8 Å². The molecule has 0 aliphatic heterocycles. The number of furan rings is 1. The molecule has 1 aliphatic rings. The third kappa shape index (κ3) is 4.66. The van der Waals surface area contributed by atoms with E-state index in [-0.39, 0.29) is 0 Å². The van der Waals surface area contributed by atoms with Crippen LogP contribution in [0.5, 0.6) is 0 Å². The van der Waals surface area contributed by atoms with Crippen molar-refractivity contribution in [1.29, 1.82) is 0 Å². The summed E-state index contributed by atoms with van der Waals surface area (Å²) in [6.45, 7) is 8.10. The van der Waals surface area contributed by atoms with E-state index in [2.05, 4.69) is 26.1 Å². The minimum absolute atomic E-state index is 0.423. The number of ether oxygens (including phenoxy) is 1. The largest absolute Gasteiger partial charge is 0.467 e. The predicted octanol–water partition coefficient (Wildman–Crippen LogP) is 3.87. The van der Waals surface area contributed by atoms with Gasteiger partial charge < -0.3 is 14.5 Å². The van der Waals surface area contributed by atoms with Crippen LogP contribution in [-0.4, -0.2) is 12.1 Å². The highest BCUT2D eigenvalue weighted by atomic mass is 16.5. The lowest BCUT2D eigenvalue weighted by Gasteiger charge is -2.26. The maximum absolute atomic E-state index is 6.00. The van der Waals surface area contributed by atoms with Crippen molar-refractivity contribution in [3.63, 3.8) is 0 Å². The smallest absolute Gasteiger partial charge is 0.133 e. The average molecular weight is 265 g/mol. The van der Waals surface area contributed by atoms with E-state index in [1.165, 1.54) is 31.2 Å². The van der Waals surface area contributed by atoms with Crippen LogP contribution in [0.4, 0.5) is 0 Å². The molecule has 3 nitrogen and oxygen atoms in total. The molecule has 1 aromatic heterocycles. The third-order valence-corrected chi connectivity index (χ3v) is 3.95. The van der Waals surface area contributed by atoms with Gasteiger partial charge in [-0.2, -0.15) is 0 Å². The molecule has 2 rings (SSSR count). The zero-order chi connectivity index (χ0) is 13.7. The zero-order valence-corrected chi connectivity index (χ0v) is 12.4. The van der Waals surface area contributed by atoms with Gasteiger partial charge in [-0.05, 0) is 37.7 Å². The van der Waals surface area contributed by atoms with Gasteiger partial charge in [-0.1, -0.05) is 20.8 Å². The maximum Gasteiger partial charge on any atom is 0.133 e. The normalized spacial score (nSPS) is 24.0. The van der Waals surface area contributed by atoms with Gasteiger partial charge in [-0.25, -0.2) is 0 Å². The first-order valence-corrected chi connectivity index (χ1v) is 7.55. The van der Waals surface area contributed by atoms with Gasteiger partial charge in [0.1, 0.15) is 12.4 Å². The molecule has 1 aliphatic carbocycles. The summed E-state index contributed by atoms with van der Waals surface area (Å²) in [4.78, 5) is 0. The fourth-order valence-electron chi connectivity index (χ4n) is 2.55.